The van der Waals surface area contributed by atoms with E-state index in [9.17, 15) is 0 Å². The summed E-state index contributed by atoms with van der Waals surface area (Å²) in [5, 5.41) is 18.1. The van der Waals surface area contributed by atoms with Crippen molar-refractivity contribution in [1.82, 2.24) is 0 Å². The van der Waals surface area contributed by atoms with E-state index in [-0.39, 0.29) is 11.5 Å². The third-order valence-corrected chi connectivity index (χ3v) is 1.34. The number of aromatic hydroxyl groups is 2. The van der Waals surface area contributed by atoms with Crippen molar-refractivity contribution in [1.29, 1.82) is 0 Å². The highest BCUT2D eigenvalue weighted by molar-refractivity contribution is 5.45. The van der Waals surface area contributed by atoms with Crippen LogP contribution in [0.15, 0.2) is 6.07 Å². The Morgan fingerprint density at radius 1 is 1.30 bits per heavy atom. The molecule has 2 heteroatoms. The zero-order valence-corrected chi connectivity index (χ0v) is 5.97. The zero-order valence-electron chi connectivity index (χ0n) is 5.97. The molecule has 1 radical (unpaired) electrons. The van der Waals surface area contributed by atoms with Gasteiger partial charge in [0.05, 0.1) is 0 Å². The molecule has 0 saturated heterocycles. The fourth-order valence-corrected chi connectivity index (χ4v) is 0.857. The molecule has 0 aliphatic carbocycles. The lowest BCUT2D eigenvalue weighted by molar-refractivity contribution is 0.400. The van der Waals surface area contributed by atoms with Crippen molar-refractivity contribution in [3.05, 3.63) is 23.3 Å². The van der Waals surface area contributed by atoms with Gasteiger partial charge in [0.15, 0.2) is 11.5 Å². The first-order valence-corrected chi connectivity index (χ1v) is 3.02. The molecule has 0 bridgehead atoms. The van der Waals surface area contributed by atoms with E-state index >= 15 is 0 Å². The maximum Gasteiger partial charge on any atom is 0.161 e. The Labute approximate surface area is 59.7 Å². The average Bonchev–Trinajstić information content (AvgIpc) is 1.82. The number of hydrogen-bond acceptors (Lipinski definition) is 2. The van der Waals surface area contributed by atoms with Crippen LogP contribution in [0.1, 0.15) is 11.1 Å². The summed E-state index contributed by atoms with van der Waals surface area (Å²) < 4.78 is 0. The molecule has 0 unspecified atom stereocenters. The van der Waals surface area contributed by atoms with Crippen LogP contribution in [0.4, 0.5) is 0 Å². The SMILES string of the molecule is Cc1[c]c(C)c(O)c(O)c1. The van der Waals surface area contributed by atoms with E-state index < -0.39 is 0 Å². The van der Waals surface area contributed by atoms with Crippen LogP contribution in [-0.4, -0.2) is 10.2 Å². The summed E-state index contributed by atoms with van der Waals surface area (Å²) in [4.78, 5) is 0. The van der Waals surface area contributed by atoms with E-state index in [2.05, 4.69) is 6.07 Å². The van der Waals surface area contributed by atoms with Crippen LogP contribution < -0.4 is 0 Å². The molecule has 2 N–H and O–H groups in total. The number of rotatable bonds is 0. The van der Waals surface area contributed by atoms with Gasteiger partial charge in [-0.3, -0.25) is 0 Å². The Kier molecular flexibility index (Phi) is 1.53. The summed E-state index contributed by atoms with van der Waals surface area (Å²) in [5.41, 5.74) is 1.41. The Morgan fingerprint density at radius 3 is 2.40 bits per heavy atom. The Morgan fingerprint density at radius 2 is 1.90 bits per heavy atom. The van der Waals surface area contributed by atoms with Gasteiger partial charge in [-0.1, -0.05) is 0 Å². The van der Waals surface area contributed by atoms with Crippen LogP contribution >= 0.6 is 0 Å². The van der Waals surface area contributed by atoms with Crippen molar-refractivity contribution in [3.8, 4) is 11.5 Å². The normalized spacial score (nSPS) is 9.80. The van der Waals surface area contributed by atoms with Crippen molar-refractivity contribution in [3.63, 3.8) is 0 Å². The van der Waals surface area contributed by atoms with Gasteiger partial charge in [-0.25, -0.2) is 0 Å². The van der Waals surface area contributed by atoms with Gasteiger partial charge in [0, 0.05) is 5.56 Å². The maximum absolute atomic E-state index is 9.05. The zero-order chi connectivity index (χ0) is 7.72. The van der Waals surface area contributed by atoms with E-state index in [0.717, 1.165) is 5.56 Å². The predicted molar refractivity (Wildman–Crippen MR) is 38.1 cm³/mol. The summed E-state index contributed by atoms with van der Waals surface area (Å²) in [6.45, 7) is 3.51. The quantitative estimate of drug-likeness (QED) is 0.532. The third-order valence-electron chi connectivity index (χ3n) is 1.34. The summed E-state index contributed by atoms with van der Waals surface area (Å²) in [6.07, 6.45) is 0. The van der Waals surface area contributed by atoms with Crippen molar-refractivity contribution in [2.75, 3.05) is 0 Å². The molecule has 0 heterocycles. The second-order valence-corrected chi connectivity index (χ2v) is 2.31. The molecule has 1 rings (SSSR count). The number of hydrogen-bond donors (Lipinski definition) is 2. The van der Waals surface area contributed by atoms with Crippen molar-refractivity contribution in [2.45, 2.75) is 13.8 Å². The molecule has 10 heavy (non-hydrogen) atoms. The van der Waals surface area contributed by atoms with Gasteiger partial charge in [-0.15, -0.1) is 0 Å². The van der Waals surface area contributed by atoms with Gasteiger partial charge in [-0.2, -0.15) is 0 Å². The molecule has 0 fully saturated rings. The molecule has 1 aromatic carbocycles. The van der Waals surface area contributed by atoms with E-state index in [1.54, 1.807) is 6.92 Å². The summed E-state index contributed by atoms with van der Waals surface area (Å²) in [7, 11) is 0. The van der Waals surface area contributed by atoms with Crippen LogP contribution in [0.3, 0.4) is 0 Å². The lowest BCUT2D eigenvalue weighted by Gasteiger charge is -2.01. The molecule has 0 spiro atoms. The van der Waals surface area contributed by atoms with Crippen LogP contribution in [0.5, 0.6) is 11.5 Å². The van der Waals surface area contributed by atoms with E-state index in [4.69, 9.17) is 10.2 Å². The van der Waals surface area contributed by atoms with Gasteiger partial charge in [0.2, 0.25) is 0 Å². The fraction of sp³-hybridized carbons (Fsp3) is 0.250. The van der Waals surface area contributed by atoms with Gasteiger partial charge < -0.3 is 10.2 Å². The highest BCUT2D eigenvalue weighted by Crippen LogP contribution is 2.28. The monoisotopic (exact) mass is 137 g/mol. The van der Waals surface area contributed by atoms with Crippen LogP contribution in [0, 0.1) is 19.9 Å². The third kappa shape index (κ3) is 1.05. The fourth-order valence-electron chi connectivity index (χ4n) is 0.857. The second-order valence-electron chi connectivity index (χ2n) is 2.31. The van der Waals surface area contributed by atoms with Crippen molar-refractivity contribution >= 4 is 0 Å². The molecule has 0 aliphatic heterocycles. The van der Waals surface area contributed by atoms with Gasteiger partial charge in [0.1, 0.15) is 0 Å². The van der Waals surface area contributed by atoms with Crippen LogP contribution in [-0.2, 0) is 0 Å². The van der Waals surface area contributed by atoms with Gasteiger partial charge >= 0.3 is 0 Å². The smallest absolute Gasteiger partial charge is 0.161 e. The number of aryl methyl sites for hydroxylation is 2. The van der Waals surface area contributed by atoms with Crippen molar-refractivity contribution in [2.24, 2.45) is 0 Å². The number of benzene rings is 1. The Hall–Kier alpha value is -1.18. The topological polar surface area (TPSA) is 40.5 Å². The van der Waals surface area contributed by atoms with Gasteiger partial charge in [0.25, 0.3) is 0 Å². The molecule has 0 aliphatic rings. The van der Waals surface area contributed by atoms with Crippen LogP contribution in [0.25, 0.3) is 0 Å². The lowest BCUT2D eigenvalue weighted by atomic mass is 10.1. The molecule has 0 atom stereocenters. The number of phenols is 2. The molecule has 1 aromatic rings. The Balaban J connectivity index is 3.31. The highest BCUT2D eigenvalue weighted by Gasteiger charge is 2.02. The molecule has 0 saturated carbocycles. The predicted octanol–water partition coefficient (Wildman–Crippen LogP) is 1.51. The first kappa shape index (κ1) is 6.93. The van der Waals surface area contributed by atoms with Crippen LogP contribution in [0.2, 0.25) is 0 Å². The molecule has 0 amide bonds. The van der Waals surface area contributed by atoms with E-state index in [1.165, 1.54) is 6.07 Å². The first-order chi connectivity index (χ1) is 4.61. The minimum absolute atomic E-state index is 0.0752. The van der Waals surface area contributed by atoms with Crippen molar-refractivity contribution < 1.29 is 10.2 Å². The summed E-state index contributed by atoms with van der Waals surface area (Å²) in [5.74, 6) is -0.153. The summed E-state index contributed by atoms with van der Waals surface area (Å²) >= 11 is 0. The average molecular weight is 137 g/mol. The van der Waals surface area contributed by atoms with Gasteiger partial charge in [-0.05, 0) is 31.5 Å². The van der Waals surface area contributed by atoms with E-state index in [0.29, 0.717) is 5.56 Å². The Bertz CT molecular complexity index is 230. The van der Waals surface area contributed by atoms with E-state index in [1.807, 2.05) is 6.92 Å². The molecular formula is C8H9O2. The molecule has 0 aromatic heterocycles. The minimum atomic E-state index is -0.0781. The molecule has 53 valence electrons. The number of phenolic OH excluding ortho intramolecular Hbond substituents is 2. The summed E-state index contributed by atoms with van der Waals surface area (Å²) in [6, 6.07) is 4.34. The minimum Gasteiger partial charge on any atom is -0.504 e. The molecule has 2 nitrogen and oxygen atoms in total. The molecular weight excluding hydrogens is 128 g/mol. The lowest BCUT2D eigenvalue weighted by Crippen LogP contribution is -1.79. The highest BCUT2D eigenvalue weighted by atomic mass is 16.3. The second kappa shape index (κ2) is 2.21. The first-order valence-electron chi connectivity index (χ1n) is 3.02. The standard InChI is InChI=1S/C8H9O2/c1-5-3-6(2)8(10)7(9)4-5/h4,9-10H,1-2H3. The maximum atomic E-state index is 9.05. The largest absolute Gasteiger partial charge is 0.504 e.